The lowest BCUT2D eigenvalue weighted by Gasteiger charge is -2.34. The van der Waals surface area contributed by atoms with Gasteiger partial charge in [-0.1, -0.05) is 35.9 Å². The molecular formula is C27H40N6. The predicted octanol–water partition coefficient (Wildman–Crippen LogP) is 3.74. The van der Waals surface area contributed by atoms with Crippen molar-refractivity contribution in [1.82, 2.24) is 20.5 Å². The number of anilines is 1. The third-order valence-electron chi connectivity index (χ3n) is 7.07. The summed E-state index contributed by atoms with van der Waals surface area (Å²) in [4.78, 5) is 14.0. The third kappa shape index (κ3) is 6.94. The Labute approximate surface area is 199 Å². The van der Waals surface area contributed by atoms with E-state index in [1.54, 1.807) is 0 Å². The first-order chi connectivity index (χ1) is 16.1. The zero-order chi connectivity index (χ0) is 23.0. The van der Waals surface area contributed by atoms with Gasteiger partial charge in [0.1, 0.15) is 5.82 Å². The fourth-order valence-electron chi connectivity index (χ4n) is 4.83. The molecule has 3 heterocycles. The van der Waals surface area contributed by atoms with Gasteiger partial charge in [0.25, 0.3) is 0 Å². The van der Waals surface area contributed by atoms with Gasteiger partial charge in [-0.25, -0.2) is 4.98 Å². The Morgan fingerprint density at radius 3 is 2.27 bits per heavy atom. The van der Waals surface area contributed by atoms with E-state index in [1.165, 1.54) is 42.6 Å². The molecule has 2 aliphatic rings. The van der Waals surface area contributed by atoms with Crippen molar-refractivity contribution in [2.24, 2.45) is 10.9 Å². The van der Waals surface area contributed by atoms with Crippen LogP contribution in [0, 0.1) is 19.8 Å². The van der Waals surface area contributed by atoms with Crippen LogP contribution in [0.4, 0.5) is 5.82 Å². The lowest BCUT2D eigenvalue weighted by molar-refractivity contribution is 0.178. The van der Waals surface area contributed by atoms with E-state index in [2.05, 4.69) is 80.7 Å². The minimum atomic E-state index is 0.467. The van der Waals surface area contributed by atoms with E-state index in [1.807, 2.05) is 13.2 Å². The van der Waals surface area contributed by atoms with Crippen molar-refractivity contribution in [3.63, 3.8) is 0 Å². The molecule has 2 saturated heterocycles. The first kappa shape index (κ1) is 23.6. The highest BCUT2D eigenvalue weighted by Gasteiger charge is 2.22. The Kier molecular flexibility index (Phi) is 8.21. The van der Waals surface area contributed by atoms with Gasteiger partial charge in [0, 0.05) is 45.5 Å². The molecule has 1 aromatic heterocycles. The molecule has 0 amide bonds. The number of piperidine rings is 2. The van der Waals surface area contributed by atoms with E-state index < -0.39 is 0 Å². The van der Waals surface area contributed by atoms with E-state index in [9.17, 15) is 0 Å². The Bertz CT molecular complexity index is 876. The molecule has 0 bridgehead atoms. The number of pyridine rings is 1. The number of aryl methyl sites for hydroxylation is 2. The smallest absolute Gasteiger partial charge is 0.191 e. The van der Waals surface area contributed by atoms with E-state index >= 15 is 0 Å². The lowest BCUT2D eigenvalue weighted by atomic mass is 9.96. The fourth-order valence-corrected chi connectivity index (χ4v) is 4.83. The van der Waals surface area contributed by atoms with Crippen molar-refractivity contribution in [3.05, 3.63) is 59.3 Å². The lowest BCUT2D eigenvalue weighted by Crippen LogP contribution is -2.50. The predicted molar refractivity (Wildman–Crippen MR) is 138 cm³/mol. The summed E-state index contributed by atoms with van der Waals surface area (Å²) >= 11 is 0. The molecule has 6 nitrogen and oxygen atoms in total. The number of nitrogens with zero attached hydrogens (tertiary/aromatic N) is 4. The number of nitrogens with one attached hydrogen (secondary N) is 2. The van der Waals surface area contributed by atoms with Gasteiger partial charge in [-0.05, 0) is 75.7 Å². The maximum absolute atomic E-state index is 4.58. The van der Waals surface area contributed by atoms with Crippen LogP contribution >= 0.6 is 0 Å². The average Bonchev–Trinajstić information content (AvgIpc) is 2.85. The molecule has 33 heavy (non-hydrogen) atoms. The van der Waals surface area contributed by atoms with Gasteiger partial charge in [-0.15, -0.1) is 0 Å². The van der Waals surface area contributed by atoms with Crippen molar-refractivity contribution in [2.75, 3.05) is 44.7 Å². The Balaban J connectivity index is 1.15. The second kappa shape index (κ2) is 11.5. The number of rotatable bonds is 6. The summed E-state index contributed by atoms with van der Waals surface area (Å²) in [6, 6.07) is 13.7. The summed E-state index contributed by atoms with van der Waals surface area (Å²) in [6.07, 6.45) is 6.66. The Morgan fingerprint density at radius 1 is 0.939 bits per heavy atom. The van der Waals surface area contributed by atoms with Crippen LogP contribution in [-0.4, -0.2) is 61.7 Å². The van der Waals surface area contributed by atoms with Crippen LogP contribution in [0.5, 0.6) is 0 Å². The first-order valence-corrected chi connectivity index (χ1v) is 12.5. The quantitative estimate of drug-likeness (QED) is 0.521. The van der Waals surface area contributed by atoms with Gasteiger partial charge in [0.15, 0.2) is 5.96 Å². The number of aromatic nitrogens is 1. The van der Waals surface area contributed by atoms with Crippen molar-refractivity contribution in [2.45, 2.75) is 52.1 Å². The second-order valence-electron chi connectivity index (χ2n) is 9.76. The van der Waals surface area contributed by atoms with E-state index in [4.69, 9.17) is 0 Å². The van der Waals surface area contributed by atoms with Crippen LogP contribution in [0.1, 0.15) is 42.4 Å². The standard InChI is InChI=1S/C27H40N6/c1-21-4-7-24(8-5-21)20-32-14-10-23(11-15-32)19-30-27(28-3)31-25-12-16-33(17-13-25)26-9-6-22(2)18-29-26/h4-9,18,23,25H,10-17,19-20H2,1-3H3,(H2,28,30,31). The topological polar surface area (TPSA) is 55.8 Å². The normalized spacial score (nSPS) is 19.0. The zero-order valence-corrected chi connectivity index (χ0v) is 20.6. The molecule has 2 aliphatic heterocycles. The van der Waals surface area contributed by atoms with Crippen LogP contribution in [-0.2, 0) is 6.54 Å². The third-order valence-corrected chi connectivity index (χ3v) is 7.07. The van der Waals surface area contributed by atoms with Gasteiger partial charge in [0.05, 0.1) is 0 Å². The summed E-state index contributed by atoms with van der Waals surface area (Å²) in [5.41, 5.74) is 3.97. The Morgan fingerprint density at radius 2 is 1.64 bits per heavy atom. The van der Waals surface area contributed by atoms with Gasteiger partial charge in [-0.3, -0.25) is 9.89 Å². The molecule has 2 fully saturated rings. The van der Waals surface area contributed by atoms with Crippen molar-refractivity contribution >= 4 is 11.8 Å². The SMILES string of the molecule is CN=C(NCC1CCN(Cc2ccc(C)cc2)CC1)NC1CCN(c2ccc(C)cn2)CC1. The van der Waals surface area contributed by atoms with Crippen molar-refractivity contribution < 1.29 is 0 Å². The molecule has 0 atom stereocenters. The minimum Gasteiger partial charge on any atom is -0.356 e. The summed E-state index contributed by atoms with van der Waals surface area (Å²) in [6.45, 7) is 10.7. The van der Waals surface area contributed by atoms with Crippen LogP contribution in [0.25, 0.3) is 0 Å². The fraction of sp³-hybridized carbons (Fsp3) is 0.556. The molecule has 0 aliphatic carbocycles. The van der Waals surface area contributed by atoms with Crippen molar-refractivity contribution in [1.29, 1.82) is 0 Å². The number of aliphatic imine (C=N–C) groups is 1. The van der Waals surface area contributed by atoms with Crippen LogP contribution in [0.3, 0.4) is 0 Å². The molecule has 0 spiro atoms. The minimum absolute atomic E-state index is 0.467. The van der Waals surface area contributed by atoms with Crippen molar-refractivity contribution in [3.8, 4) is 0 Å². The number of hydrogen-bond donors (Lipinski definition) is 2. The van der Waals surface area contributed by atoms with Gasteiger partial charge < -0.3 is 15.5 Å². The van der Waals surface area contributed by atoms with E-state index in [0.29, 0.717) is 12.0 Å². The Hall–Kier alpha value is -2.60. The van der Waals surface area contributed by atoms with E-state index in [0.717, 1.165) is 50.8 Å². The molecule has 0 radical (unpaired) electrons. The molecule has 4 rings (SSSR count). The maximum atomic E-state index is 4.58. The van der Waals surface area contributed by atoms with Crippen LogP contribution in [0.15, 0.2) is 47.6 Å². The largest absolute Gasteiger partial charge is 0.356 e. The number of hydrogen-bond acceptors (Lipinski definition) is 4. The van der Waals surface area contributed by atoms with Gasteiger partial charge in [0.2, 0.25) is 0 Å². The molecule has 1 aromatic carbocycles. The second-order valence-corrected chi connectivity index (χ2v) is 9.76. The number of benzene rings is 1. The molecule has 6 heteroatoms. The first-order valence-electron chi connectivity index (χ1n) is 12.5. The molecule has 178 valence electrons. The maximum Gasteiger partial charge on any atom is 0.191 e. The highest BCUT2D eigenvalue weighted by Crippen LogP contribution is 2.20. The summed E-state index contributed by atoms with van der Waals surface area (Å²) in [5.74, 6) is 2.76. The highest BCUT2D eigenvalue weighted by molar-refractivity contribution is 5.80. The molecule has 2 aromatic rings. The van der Waals surface area contributed by atoms with Crippen LogP contribution in [0.2, 0.25) is 0 Å². The number of likely N-dealkylation sites (tertiary alicyclic amines) is 1. The molecular weight excluding hydrogens is 408 g/mol. The van der Waals surface area contributed by atoms with E-state index in [-0.39, 0.29) is 0 Å². The van der Waals surface area contributed by atoms with Gasteiger partial charge in [-0.2, -0.15) is 0 Å². The highest BCUT2D eigenvalue weighted by atomic mass is 15.2. The number of guanidine groups is 1. The molecule has 2 N–H and O–H groups in total. The summed E-state index contributed by atoms with van der Waals surface area (Å²) in [5, 5.41) is 7.25. The summed E-state index contributed by atoms with van der Waals surface area (Å²) in [7, 11) is 1.88. The average molecular weight is 449 g/mol. The summed E-state index contributed by atoms with van der Waals surface area (Å²) < 4.78 is 0. The molecule has 0 unspecified atom stereocenters. The van der Waals surface area contributed by atoms with Crippen LogP contribution < -0.4 is 15.5 Å². The zero-order valence-electron chi connectivity index (χ0n) is 20.6. The molecule has 0 saturated carbocycles. The monoisotopic (exact) mass is 448 g/mol. The van der Waals surface area contributed by atoms with Gasteiger partial charge >= 0.3 is 0 Å².